The Hall–Kier alpha value is -1.76. The zero-order valence-electron chi connectivity index (χ0n) is 12.3. The average molecular weight is 311 g/mol. The molecule has 1 aliphatic carbocycles. The third-order valence-electron chi connectivity index (χ3n) is 3.89. The molecule has 1 aromatic heterocycles. The molecule has 1 fully saturated rings. The van der Waals surface area contributed by atoms with Crippen molar-refractivity contribution in [3.05, 3.63) is 10.4 Å². The summed E-state index contributed by atoms with van der Waals surface area (Å²) >= 11 is 1.13. The van der Waals surface area contributed by atoms with E-state index in [0.29, 0.717) is 5.00 Å². The Kier molecular flexibility index (Phi) is 4.41. The second kappa shape index (κ2) is 5.93. The standard InChI is InChI=1S/C14H21N3O3S/c1-3-20-13(19)10-9(15)8(11(16)18)12(21-10)17-7-14(2)5-4-6-14/h17H,3-7,15H2,1-2H3,(H2,16,18). The first kappa shape index (κ1) is 15.6. The van der Waals surface area contributed by atoms with Crippen molar-refractivity contribution in [2.24, 2.45) is 11.1 Å². The molecule has 0 bridgehead atoms. The van der Waals surface area contributed by atoms with Gasteiger partial charge >= 0.3 is 5.97 Å². The first-order chi connectivity index (χ1) is 9.88. The molecule has 0 atom stereocenters. The van der Waals surface area contributed by atoms with E-state index in [4.69, 9.17) is 16.2 Å². The summed E-state index contributed by atoms with van der Waals surface area (Å²) in [5, 5.41) is 3.78. The van der Waals surface area contributed by atoms with Crippen LogP contribution in [0.4, 0.5) is 10.7 Å². The van der Waals surface area contributed by atoms with Gasteiger partial charge in [-0.2, -0.15) is 0 Å². The summed E-state index contributed by atoms with van der Waals surface area (Å²) in [7, 11) is 0. The maximum absolute atomic E-state index is 11.9. The number of esters is 1. The van der Waals surface area contributed by atoms with Gasteiger partial charge in [-0.3, -0.25) is 4.79 Å². The first-order valence-corrected chi connectivity index (χ1v) is 7.82. The number of anilines is 2. The second-order valence-corrected chi connectivity index (χ2v) is 6.67. The molecule has 5 N–H and O–H groups in total. The van der Waals surface area contributed by atoms with Crippen molar-refractivity contribution in [1.82, 2.24) is 0 Å². The van der Waals surface area contributed by atoms with Crippen molar-refractivity contribution in [3.8, 4) is 0 Å². The summed E-state index contributed by atoms with van der Waals surface area (Å²) in [4.78, 5) is 23.7. The molecule has 0 saturated heterocycles. The molecule has 7 heteroatoms. The number of primary amides is 1. The number of ether oxygens (including phenoxy) is 1. The van der Waals surface area contributed by atoms with Gasteiger partial charge in [-0.1, -0.05) is 13.3 Å². The highest BCUT2D eigenvalue weighted by Crippen LogP contribution is 2.42. The Morgan fingerprint density at radius 2 is 2.10 bits per heavy atom. The second-order valence-electron chi connectivity index (χ2n) is 5.65. The Morgan fingerprint density at radius 1 is 1.43 bits per heavy atom. The van der Waals surface area contributed by atoms with Crippen LogP contribution in [0.1, 0.15) is 53.1 Å². The molecule has 0 unspecified atom stereocenters. The van der Waals surface area contributed by atoms with Crippen LogP contribution in [0, 0.1) is 5.41 Å². The van der Waals surface area contributed by atoms with Gasteiger partial charge in [0.25, 0.3) is 5.91 Å². The number of hydrogen-bond donors (Lipinski definition) is 3. The monoisotopic (exact) mass is 311 g/mol. The molecule has 1 aromatic rings. The zero-order chi connectivity index (χ0) is 15.6. The number of rotatable bonds is 6. The van der Waals surface area contributed by atoms with Crippen molar-refractivity contribution < 1.29 is 14.3 Å². The number of nitrogens with one attached hydrogen (secondary N) is 1. The van der Waals surface area contributed by atoms with Gasteiger partial charge in [-0.25, -0.2) is 4.79 Å². The van der Waals surface area contributed by atoms with Crippen molar-refractivity contribution in [2.45, 2.75) is 33.1 Å². The van der Waals surface area contributed by atoms with Crippen LogP contribution in [0.15, 0.2) is 0 Å². The van der Waals surface area contributed by atoms with E-state index in [0.717, 1.165) is 30.7 Å². The minimum atomic E-state index is -0.638. The topological polar surface area (TPSA) is 107 Å². The Labute approximate surface area is 127 Å². The fraction of sp³-hybridized carbons (Fsp3) is 0.571. The lowest BCUT2D eigenvalue weighted by atomic mass is 9.70. The molecule has 0 aliphatic heterocycles. The predicted octanol–water partition coefficient (Wildman–Crippen LogP) is 2.21. The van der Waals surface area contributed by atoms with E-state index in [1.54, 1.807) is 6.92 Å². The molecule has 6 nitrogen and oxygen atoms in total. The highest BCUT2D eigenvalue weighted by Gasteiger charge is 2.32. The lowest BCUT2D eigenvalue weighted by molar-refractivity contribution is 0.0533. The van der Waals surface area contributed by atoms with Crippen LogP contribution in [0.3, 0.4) is 0 Å². The van der Waals surface area contributed by atoms with E-state index in [9.17, 15) is 9.59 Å². The van der Waals surface area contributed by atoms with E-state index in [2.05, 4.69) is 12.2 Å². The number of amides is 1. The number of thiophene rings is 1. The molecule has 2 rings (SSSR count). The number of carbonyl (C=O) groups excluding carboxylic acids is 2. The Balaban J connectivity index is 2.24. The quantitative estimate of drug-likeness (QED) is 0.698. The maximum atomic E-state index is 11.9. The molecule has 0 spiro atoms. The molecular formula is C14H21N3O3S. The van der Waals surface area contributed by atoms with Crippen molar-refractivity contribution >= 4 is 33.9 Å². The van der Waals surface area contributed by atoms with Crippen LogP contribution in [0.25, 0.3) is 0 Å². The molecule has 0 radical (unpaired) electrons. The summed E-state index contributed by atoms with van der Waals surface area (Å²) in [6.45, 7) is 4.89. The highest BCUT2D eigenvalue weighted by atomic mass is 32.1. The fourth-order valence-corrected chi connectivity index (χ4v) is 3.43. The first-order valence-electron chi connectivity index (χ1n) is 7.01. The van der Waals surface area contributed by atoms with Gasteiger partial charge in [0, 0.05) is 6.54 Å². The van der Waals surface area contributed by atoms with E-state index >= 15 is 0 Å². The number of carbonyl (C=O) groups is 2. The molecule has 0 aromatic carbocycles. The maximum Gasteiger partial charge on any atom is 0.350 e. The molecule has 21 heavy (non-hydrogen) atoms. The van der Waals surface area contributed by atoms with Gasteiger partial charge < -0.3 is 21.5 Å². The van der Waals surface area contributed by atoms with Crippen molar-refractivity contribution in [1.29, 1.82) is 0 Å². The third-order valence-corrected chi connectivity index (χ3v) is 5.03. The third kappa shape index (κ3) is 3.12. The Bertz CT molecular complexity index is 564. The zero-order valence-corrected chi connectivity index (χ0v) is 13.1. The SMILES string of the molecule is CCOC(=O)c1sc(NCC2(C)CCC2)c(C(N)=O)c1N. The van der Waals surface area contributed by atoms with Crippen LogP contribution in [0.2, 0.25) is 0 Å². The van der Waals surface area contributed by atoms with Crippen molar-refractivity contribution in [3.63, 3.8) is 0 Å². The normalized spacial score (nSPS) is 16.1. The van der Waals surface area contributed by atoms with Gasteiger partial charge in [-0.15, -0.1) is 11.3 Å². The Morgan fingerprint density at radius 3 is 2.57 bits per heavy atom. The van der Waals surface area contributed by atoms with Crippen molar-refractivity contribution in [2.75, 3.05) is 24.2 Å². The smallest absolute Gasteiger partial charge is 0.350 e. The van der Waals surface area contributed by atoms with Crippen LogP contribution in [0.5, 0.6) is 0 Å². The minimum Gasteiger partial charge on any atom is -0.462 e. The summed E-state index contributed by atoms with van der Waals surface area (Å²) < 4.78 is 4.95. The van der Waals surface area contributed by atoms with E-state index < -0.39 is 11.9 Å². The molecule has 1 heterocycles. The van der Waals surface area contributed by atoms with E-state index in [-0.39, 0.29) is 28.1 Å². The summed E-state index contributed by atoms with van der Waals surface area (Å²) in [5.74, 6) is -1.16. The van der Waals surface area contributed by atoms with Gasteiger partial charge in [0.2, 0.25) is 0 Å². The molecule has 1 saturated carbocycles. The number of nitrogen functional groups attached to an aromatic ring is 1. The lowest BCUT2D eigenvalue weighted by Crippen LogP contribution is -2.33. The molecule has 1 aliphatic rings. The predicted molar refractivity (Wildman–Crippen MR) is 83.7 cm³/mol. The highest BCUT2D eigenvalue weighted by molar-refractivity contribution is 7.19. The fourth-order valence-electron chi connectivity index (χ4n) is 2.41. The average Bonchev–Trinajstić information content (AvgIpc) is 2.71. The van der Waals surface area contributed by atoms with Crippen LogP contribution >= 0.6 is 11.3 Å². The molecule has 116 valence electrons. The van der Waals surface area contributed by atoms with Gasteiger partial charge in [0.15, 0.2) is 0 Å². The van der Waals surface area contributed by atoms with Crippen LogP contribution in [-0.4, -0.2) is 25.0 Å². The number of nitrogens with two attached hydrogens (primary N) is 2. The van der Waals surface area contributed by atoms with E-state index in [1.807, 2.05) is 0 Å². The largest absolute Gasteiger partial charge is 0.462 e. The summed E-state index contributed by atoms with van der Waals surface area (Å²) in [6, 6.07) is 0. The van der Waals surface area contributed by atoms with Gasteiger partial charge in [0.1, 0.15) is 9.88 Å². The number of hydrogen-bond acceptors (Lipinski definition) is 6. The van der Waals surface area contributed by atoms with E-state index in [1.165, 1.54) is 6.42 Å². The van der Waals surface area contributed by atoms with Crippen LogP contribution < -0.4 is 16.8 Å². The van der Waals surface area contributed by atoms with Gasteiger partial charge in [0.05, 0.1) is 17.9 Å². The lowest BCUT2D eigenvalue weighted by Gasteiger charge is -2.38. The van der Waals surface area contributed by atoms with Crippen LogP contribution in [-0.2, 0) is 4.74 Å². The summed E-state index contributed by atoms with van der Waals surface area (Å²) in [6.07, 6.45) is 3.52. The minimum absolute atomic E-state index is 0.104. The summed E-state index contributed by atoms with van der Waals surface area (Å²) in [5.41, 5.74) is 11.8. The molecule has 1 amide bonds. The van der Waals surface area contributed by atoms with Gasteiger partial charge in [-0.05, 0) is 25.2 Å². The molecular weight excluding hydrogens is 290 g/mol.